The minimum Gasteiger partial charge on any atom is -0.379 e. The van der Waals surface area contributed by atoms with Crippen LogP contribution in [0.4, 0.5) is 0 Å². The first-order valence-electron chi connectivity index (χ1n) is 6.11. The molecule has 0 aromatic heterocycles. The Morgan fingerprint density at radius 1 is 1.26 bits per heavy atom. The van der Waals surface area contributed by atoms with E-state index in [0.717, 1.165) is 6.54 Å². The van der Waals surface area contributed by atoms with Gasteiger partial charge >= 0.3 is 0 Å². The molecule has 1 rings (SSSR count). The van der Waals surface area contributed by atoms with Crippen LogP contribution < -0.4 is 5.32 Å². The summed E-state index contributed by atoms with van der Waals surface area (Å²) < 4.78 is 29.1. The van der Waals surface area contributed by atoms with Gasteiger partial charge in [0.2, 0.25) is 0 Å². The lowest BCUT2D eigenvalue weighted by Gasteiger charge is -2.06. The highest BCUT2D eigenvalue weighted by Crippen LogP contribution is 2.12. The maximum atomic E-state index is 11.9. The molecule has 5 nitrogen and oxygen atoms in total. The molecular weight excluding hydrogens is 264 g/mol. The van der Waals surface area contributed by atoms with Crippen molar-refractivity contribution >= 4 is 9.84 Å². The van der Waals surface area contributed by atoms with Crippen molar-refractivity contribution in [1.29, 1.82) is 5.26 Å². The lowest BCUT2D eigenvalue weighted by molar-refractivity contribution is 0.151. The van der Waals surface area contributed by atoms with Crippen molar-refractivity contribution in [3.05, 3.63) is 29.8 Å². The highest BCUT2D eigenvalue weighted by atomic mass is 32.2. The van der Waals surface area contributed by atoms with Gasteiger partial charge < -0.3 is 10.1 Å². The minimum atomic E-state index is -3.33. The first kappa shape index (κ1) is 15.6. The van der Waals surface area contributed by atoms with Crippen LogP contribution in [0, 0.1) is 11.3 Å². The molecule has 0 radical (unpaired) electrons. The van der Waals surface area contributed by atoms with Crippen LogP contribution in [0.3, 0.4) is 0 Å². The Morgan fingerprint density at radius 2 is 1.95 bits per heavy atom. The van der Waals surface area contributed by atoms with E-state index in [-0.39, 0.29) is 17.3 Å². The number of rotatable bonds is 8. The van der Waals surface area contributed by atoms with E-state index in [9.17, 15) is 8.42 Å². The summed E-state index contributed by atoms with van der Waals surface area (Å²) in [6.45, 7) is 4.25. The van der Waals surface area contributed by atoms with Crippen molar-refractivity contribution in [2.24, 2.45) is 0 Å². The number of likely N-dealkylation sites (N-methyl/N-ethyl adjacent to an activating group) is 1. The quantitative estimate of drug-likeness (QED) is 0.718. The number of nitrogens with zero attached hydrogens (tertiary/aromatic N) is 1. The van der Waals surface area contributed by atoms with Crippen LogP contribution >= 0.6 is 0 Å². The van der Waals surface area contributed by atoms with E-state index in [4.69, 9.17) is 10.00 Å². The Labute approximate surface area is 114 Å². The topological polar surface area (TPSA) is 79.2 Å². The van der Waals surface area contributed by atoms with Crippen LogP contribution in [0.15, 0.2) is 29.2 Å². The minimum absolute atomic E-state index is 0.0506. The summed E-state index contributed by atoms with van der Waals surface area (Å²) in [7, 11) is -3.33. The molecule has 0 fully saturated rings. The van der Waals surface area contributed by atoms with Gasteiger partial charge in [0, 0.05) is 6.54 Å². The SMILES string of the molecule is CCNCCOCCS(=O)(=O)c1ccc(C#N)cc1. The summed E-state index contributed by atoms with van der Waals surface area (Å²) in [5.74, 6) is -0.0506. The molecule has 0 bridgehead atoms. The van der Waals surface area contributed by atoms with Crippen molar-refractivity contribution in [2.75, 3.05) is 32.1 Å². The van der Waals surface area contributed by atoms with E-state index < -0.39 is 9.84 Å². The van der Waals surface area contributed by atoms with E-state index in [1.54, 1.807) is 0 Å². The van der Waals surface area contributed by atoms with E-state index in [0.29, 0.717) is 18.7 Å². The summed E-state index contributed by atoms with van der Waals surface area (Å²) in [6.07, 6.45) is 0. The van der Waals surface area contributed by atoms with Gasteiger partial charge in [-0.3, -0.25) is 0 Å². The second-order valence-electron chi connectivity index (χ2n) is 3.92. The fourth-order valence-electron chi connectivity index (χ4n) is 1.45. The fourth-order valence-corrected chi connectivity index (χ4v) is 2.57. The largest absolute Gasteiger partial charge is 0.379 e. The number of benzene rings is 1. The summed E-state index contributed by atoms with van der Waals surface area (Å²) in [6, 6.07) is 7.85. The van der Waals surface area contributed by atoms with Gasteiger partial charge in [0.05, 0.1) is 35.5 Å². The molecule has 0 aliphatic rings. The van der Waals surface area contributed by atoms with E-state index in [1.807, 2.05) is 13.0 Å². The monoisotopic (exact) mass is 282 g/mol. The Hall–Kier alpha value is -1.42. The number of sulfone groups is 1. The Morgan fingerprint density at radius 3 is 2.53 bits per heavy atom. The first-order valence-corrected chi connectivity index (χ1v) is 7.76. The summed E-state index contributed by atoms with van der Waals surface area (Å²) in [5, 5.41) is 11.7. The molecule has 6 heteroatoms. The van der Waals surface area contributed by atoms with Gasteiger partial charge in [0.25, 0.3) is 0 Å². The predicted molar refractivity (Wildman–Crippen MR) is 72.6 cm³/mol. The number of nitrogens with one attached hydrogen (secondary N) is 1. The Bertz CT molecular complexity index is 518. The summed E-state index contributed by atoms with van der Waals surface area (Å²) in [4.78, 5) is 0.224. The van der Waals surface area contributed by atoms with Gasteiger partial charge in [-0.2, -0.15) is 5.26 Å². The van der Waals surface area contributed by atoms with Crippen LogP contribution in [0.2, 0.25) is 0 Å². The lowest BCUT2D eigenvalue weighted by Crippen LogP contribution is -2.21. The van der Waals surface area contributed by atoms with Crippen molar-refractivity contribution < 1.29 is 13.2 Å². The second kappa shape index (κ2) is 7.89. The molecule has 0 aliphatic heterocycles. The van der Waals surface area contributed by atoms with E-state index in [1.165, 1.54) is 24.3 Å². The lowest BCUT2D eigenvalue weighted by atomic mass is 10.2. The third-order valence-corrected chi connectivity index (χ3v) is 4.21. The third-order valence-electron chi connectivity index (χ3n) is 2.51. The third kappa shape index (κ3) is 5.39. The molecular formula is C13H18N2O3S. The van der Waals surface area contributed by atoms with Crippen LogP contribution in [0.5, 0.6) is 0 Å². The normalized spacial score (nSPS) is 11.2. The fraction of sp³-hybridized carbons (Fsp3) is 0.462. The zero-order valence-corrected chi connectivity index (χ0v) is 11.7. The molecule has 1 aromatic rings. The smallest absolute Gasteiger partial charge is 0.180 e. The Balaban J connectivity index is 2.45. The number of ether oxygens (including phenoxy) is 1. The van der Waals surface area contributed by atoms with Crippen LogP contribution in [0.25, 0.3) is 0 Å². The van der Waals surface area contributed by atoms with Gasteiger partial charge in [0.1, 0.15) is 0 Å². The molecule has 0 saturated carbocycles. The summed E-state index contributed by atoms with van der Waals surface area (Å²) >= 11 is 0. The van der Waals surface area contributed by atoms with Gasteiger partial charge in [-0.25, -0.2) is 8.42 Å². The maximum absolute atomic E-state index is 11.9. The number of nitriles is 1. The molecule has 1 N–H and O–H groups in total. The molecule has 0 atom stereocenters. The van der Waals surface area contributed by atoms with Crippen molar-refractivity contribution in [1.82, 2.24) is 5.32 Å². The van der Waals surface area contributed by atoms with E-state index >= 15 is 0 Å². The molecule has 104 valence electrons. The molecule has 0 heterocycles. The average Bonchev–Trinajstić information content (AvgIpc) is 2.43. The molecule has 0 saturated heterocycles. The second-order valence-corrected chi connectivity index (χ2v) is 6.03. The highest BCUT2D eigenvalue weighted by molar-refractivity contribution is 7.91. The van der Waals surface area contributed by atoms with Crippen LogP contribution in [0.1, 0.15) is 12.5 Å². The van der Waals surface area contributed by atoms with Gasteiger partial charge in [-0.05, 0) is 30.8 Å². The highest BCUT2D eigenvalue weighted by Gasteiger charge is 2.13. The van der Waals surface area contributed by atoms with Crippen molar-refractivity contribution in [3.63, 3.8) is 0 Å². The van der Waals surface area contributed by atoms with Crippen LogP contribution in [-0.2, 0) is 14.6 Å². The van der Waals surface area contributed by atoms with Crippen molar-refractivity contribution in [2.45, 2.75) is 11.8 Å². The summed E-state index contributed by atoms with van der Waals surface area (Å²) in [5.41, 5.74) is 0.445. The molecule has 1 aromatic carbocycles. The average molecular weight is 282 g/mol. The predicted octanol–water partition coefficient (Wildman–Crippen LogP) is 0.958. The van der Waals surface area contributed by atoms with E-state index in [2.05, 4.69) is 5.32 Å². The van der Waals surface area contributed by atoms with Gasteiger partial charge in [-0.15, -0.1) is 0 Å². The molecule has 19 heavy (non-hydrogen) atoms. The Kier molecular flexibility index (Phi) is 6.50. The molecule has 0 aliphatic carbocycles. The number of hydrogen-bond donors (Lipinski definition) is 1. The van der Waals surface area contributed by atoms with Crippen molar-refractivity contribution in [3.8, 4) is 6.07 Å². The standard InChI is InChI=1S/C13H18N2O3S/c1-2-15-7-8-18-9-10-19(16,17)13-5-3-12(11-14)4-6-13/h3-6,15H,2,7-10H2,1H3. The van der Waals surface area contributed by atoms with Crippen LogP contribution in [-0.4, -0.2) is 40.5 Å². The first-order chi connectivity index (χ1) is 9.10. The zero-order valence-electron chi connectivity index (χ0n) is 10.9. The van der Waals surface area contributed by atoms with Gasteiger partial charge in [-0.1, -0.05) is 6.92 Å². The zero-order chi connectivity index (χ0) is 14.1. The van der Waals surface area contributed by atoms with Gasteiger partial charge in [0.15, 0.2) is 9.84 Å². The molecule has 0 unspecified atom stereocenters. The maximum Gasteiger partial charge on any atom is 0.180 e. The molecule has 0 spiro atoms. The number of hydrogen-bond acceptors (Lipinski definition) is 5. The molecule has 0 amide bonds.